The lowest BCUT2D eigenvalue weighted by atomic mass is 10.2. The molecule has 2 aromatic rings. The van der Waals surface area contributed by atoms with Gasteiger partial charge in [0.15, 0.2) is 11.6 Å². The van der Waals surface area contributed by atoms with Gasteiger partial charge in [-0.05, 0) is 18.2 Å². The van der Waals surface area contributed by atoms with E-state index in [1.54, 1.807) is 0 Å². The Bertz CT molecular complexity index is 581. The summed E-state index contributed by atoms with van der Waals surface area (Å²) in [5, 5.41) is 11.7. The highest BCUT2D eigenvalue weighted by molar-refractivity contribution is 5.89. The second kappa shape index (κ2) is 4.87. The fraction of sp³-hybridized carbons (Fsp3) is 0.0833. The number of carboxylic acids is 1. The zero-order valence-electron chi connectivity index (χ0n) is 9.21. The first-order chi connectivity index (χ1) is 8.58. The second-order valence-electron chi connectivity index (χ2n) is 3.66. The zero-order valence-corrected chi connectivity index (χ0v) is 9.21. The van der Waals surface area contributed by atoms with Gasteiger partial charge >= 0.3 is 5.97 Å². The van der Waals surface area contributed by atoms with Gasteiger partial charge in [-0.2, -0.15) is 0 Å². The molecular formula is C12H10F2N2O2. The zero-order chi connectivity index (χ0) is 13.1. The topological polar surface area (TPSA) is 65.1 Å². The molecule has 4 nitrogen and oxygen atoms in total. The Morgan fingerprint density at radius 2 is 2.06 bits per heavy atom. The largest absolute Gasteiger partial charge is 0.478 e. The molecule has 6 heteroatoms. The molecule has 2 rings (SSSR count). The highest BCUT2D eigenvalue weighted by Gasteiger charge is 2.10. The highest BCUT2D eigenvalue weighted by Crippen LogP contribution is 2.15. The predicted octanol–water partition coefficient (Wildman–Crippen LogP) is 2.60. The molecule has 18 heavy (non-hydrogen) atoms. The molecule has 0 bridgehead atoms. The monoisotopic (exact) mass is 252 g/mol. The summed E-state index contributed by atoms with van der Waals surface area (Å²) >= 11 is 0. The quantitative estimate of drug-likeness (QED) is 0.783. The van der Waals surface area contributed by atoms with Gasteiger partial charge in [0.05, 0.1) is 12.1 Å². The standard InChI is InChI=1S/C12H10F2N2O2/c13-9-2-1-7(5-10(9)14)16-6-11-8(12(17)18)3-4-15-11/h1-5,15-16H,6H2,(H,17,18). The number of anilines is 1. The first-order valence-electron chi connectivity index (χ1n) is 5.16. The fourth-order valence-electron chi connectivity index (χ4n) is 1.55. The summed E-state index contributed by atoms with van der Waals surface area (Å²) in [6.07, 6.45) is 1.51. The summed E-state index contributed by atoms with van der Waals surface area (Å²) in [7, 11) is 0. The molecule has 0 saturated heterocycles. The Morgan fingerprint density at radius 1 is 1.28 bits per heavy atom. The number of benzene rings is 1. The molecule has 0 amide bonds. The van der Waals surface area contributed by atoms with Crippen LogP contribution in [0.25, 0.3) is 0 Å². The third-order valence-electron chi connectivity index (χ3n) is 2.45. The molecule has 0 aliphatic carbocycles. The van der Waals surface area contributed by atoms with Crippen LogP contribution in [-0.2, 0) is 6.54 Å². The van der Waals surface area contributed by atoms with Crippen molar-refractivity contribution in [2.24, 2.45) is 0 Å². The normalized spacial score (nSPS) is 10.3. The van der Waals surface area contributed by atoms with Crippen molar-refractivity contribution in [1.29, 1.82) is 0 Å². The molecule has 94 valence electrons. The molecule has 1 aromatic heterocycles. The number of carboxylic acid groups (broad SMARTS) is 1. The maximum absolute atomic E-state index is 12.9. The SMILES string of the molecule is O=C(O)c1cc[nH]c1CNc1ccc(F)c(F)c1. The van der Waals surface area contributed by atoms with E-state index in [-0.39, 0.29) is 12.1 Å². The van der Waals surface area contributed by atoms with E-state index in [0.29, 0.717) is 11.4 Å². The molecule has 1 aromatic carbocycles. The number of rotatable bonds is 4. The number of carbonyl (C=O) groups is 1. The van der Waals surface area contributed by atoms with Crippen LogP contribution in [0.2, 0.25) is 0 Å². The first kappa shape index (κ1) is 12.1. The van der Waals surface area contributed by atoms with E-state index in [2.05, 4.69) is 10.3 Å². The van der Waals surface area contributed by atoms with Crippen LogP contribution in [-0.4, -0.2) is 16.1 Å². The molecule has 0 unspecified atom stereocenters. The van der Waals surface area contributed by atoms with Gasteiger partial charge in [0, 0.05) is 23.6 Å². The van der Waals surface area contributed by atoms with E-state index in [4.69, 9.17) is 5.11 Å². The van der Waals surface area contributed by atoms with Crippen molar-refractivity contribution in [3.05, 3.63) is 53.4 Å². The Labute approximate surface area is 101 Å². The Kier molecular flexibility index (Phi) is 3.27. The third kappa shape index (κ3) is 2.48. The lowest BCUT2D eigenvalue weighted by molar-refractivity contribution is 0.0696. The number of aromatic carboxylic acids is 1. The predicted molar refractivity (Wildman–Crippen MR) is 61.4 cm³/mol. The van der Waals surface area contributed by atoms with Crippen molar-refractivity contribution >= 4 is 11.7 Å². The number of H-pyrrole nitrogens is 1. The molecule has 1 heterocycles. The van der Waals surface area contributed by atoms with Crippen molar-refractivity contribution in [1.82, 2.24) is 4.98 Å². The van der Waals surface area contributed by atoms with Crippen LogP contribution >= 0.6 is 0 Å². The van der Waals surface area contributed by atoms with Crippen LogP contribution in [0.4, 0.5) is 14.5 Å². The molecule has 3 N–H and O–H groups in total. The van der Waals surface area contributed by atoms with E-state index in [9.17, 15) is 13.6 Å². The number of aromatic amines is 1. The Hall–Kier alpha value is -2.37. The molecule has 0 aliphatic rings. The van der Waals surface area contributed by atoms with Crippen molar-refractivity contribution in [3.8, 4) is 0 Å². The van der Waals surface area contributed by atoms with E-state index >= 15 is 0 Å². The smallest absolute Gasteiger partial charge is 0.337 e. The average Bonchev–Trinajstić information content (AvgIpc) is 2.79. The van der Waals surface area contributed by atoms with Gasteiger partial charge in [-0.15, -0.1) is 0 Å². The fourth-order valence-corrected chi connectivity index (χ4v) is 1.55. The van der Waals surface area contributed by atoms with E-state index in [1.807, 2.05) is 0 Å². The van der Waals surface area contributed by atoms with Crippen molar-refractivity contribution in [2.75, 3.05) is 5.32 Å². The van der Waals surface area contributed by atoms with Crippen LogP contribution in [0.3, 0.4) is 0 Å². The number of nitrogens with one attached hydrogen (secondary N) is 2. The number of hydrogen-bond donors (Lipinski definition) is 3. The van der Waals surface area contributed by atoms with Crippen LogP contribution in [0.15, 0.2) is 30.5 Å². The highest BCUT2D eigenvalue weighted by atomic mass is 19.2. The van der Waals surface area contributed by atoms with Crippen LogP contribution in [0, 0.1) is 11.6 Å². The van der Waals surface area contributed by atoms with Crippen molar-refractivity contribution < 1.29 is 18.7 Å². The number of aromatic nitrogens is 1. The van der Waals surface area contributed by atoms with Gasteiger partial charge in [0.1, 0.15) is 0 Å². The second-order valence-corrected chi connectivity index (χ2v) is 3.66. The number of halogens is 2. The van der Waals surface area contributed by atoms with Gasteiger partial charge in [-0.25, -0.2) is 13.6 Å². The Morgan fingerprint density at radius 3 is 2.72 bits per heavy atom. The average molecular weight is 252 g/mol. The first-order valence-corrected chi connectivity index (χ1v) is 5.16. The maximum Gasteiger partial charge on any atom is 0.337 e. The minimum Gasteiger partial charge on any atom is -0.478 e. The minimum atomic E-state index is -1.04. The molecular weight excluding hydrogens is 242 g/mol. The summed E-state index contributed by atoms with van der Waals surface area (Å²) in [6.45, 7) is 0.180. The van der Waals surface area contributed by atoms with E-state index in [0.717, 1.165) is 12.1 Å². The van der Waals surface area contributed by atoms with Gasteiger partial charge in [-0.1, -0.05) is 0 Å². The summed E-state index contributed by atoms with van der Waals surface area (Å²) in [6, 6.07) is 4.83. The lowest BCUT2D eigenvalue weighted by Gasteiger charge is -2.06. The molecule has 0 fully saturated rings. The third-order valence-corrected chi connectivity index (χ3v) is 2.45. The van der Waals surface area contributed by atoms with E-state index < -0.39 is 17.6 Å². The number of hydrogen-bond acceptors (Lipinski definition) is 2. The van der Waals surface area contributed by atoms with Crippen LogP contribution in [0.1, 0.15) is 16.1 Å². The van der Waals surface area contributed by atoms with Gasteiger partial charge in [0.2, 0.25) is 0 Å². The molecule has 0 radical (unpaired) electrons. The van der Waals surface area contributed by atoms with Crippen molar-refractivity contribution in [2.45, 2.75) is 6.54 Å². The summed E-state index contributed by atoms with van der Waals surface area (Å²) < 4.78 is 25.6. The molecule has 0 saturated carbocycles. The summed E-state index contributed by atoms with van der Waals surface area (Å²) in [4.78, 5) is 13.6. The summed E-state index contributed by atoms with van der Waals surface area (Å²) in [5.41, 5.74) is 0.983. The van der Waals surface area contributed by atoms with E-state index in [1.165, 1.54) is 18.3 Å². The lowest BCUT2D eigenvalue weighted by Crippen LogP contribution is -2.06. The Balaban J connectivity index is 2.09. The molecule has 0 spiro atoms. The molecule has 0 aliphatic heterocycles. The van der Waals surface area contributed by atoms with Crippen LogP contribution < -0.4 is 5.32 Å². The van der Waals surface area contributed by atoms with Gasteiger partial charge < -0.3 is 15.4 Å². The maximum atomic E-state index is 12.9. The molecule has 0 atom stereocenters. The van der Waals surface area contributed by atoms with Crippen LogP contribution in [0.5, 0.6) is 0 Å². The van der Waals surface area contributed by atoms with Gasteiger partial charge in [0.25, 0.3) is 0 Å². The minimum absolute atomic E-state index is 0.144. The summed E-state index contributed by atoms with van der Waals surface area (Å²) in [5.74, 6) is -2.92. The van der Waals surface area contributed by atoms with Crippen molar-refractivity contribution in [3.63, 3.8) is 0 Å². The van der Waals surface area contributed by atoms with Gasteiger partial charge in [-0.3, -0.25) is 0 Å².